The van der Waals surface area contributed by atoms with Crippen molar-refractivity contribution in [3.05, 3.63) is 35.5 Å². The summed E-state index contributed by atoms with van der Waals surface area (Å²) in [5, 5.41) is 12.1. The highest BCUT2D eigenvalue weighted by molar-refractivity contribution is 8.00. The quantitative estimate of drug-likeness (QED) is 0.374. The van der Waals surface area contributed by atoms with E-state index in [4.69, 9.17) is 9.84 Å². The van der Waals surface area contributed by atoms with E-state index in [1.165, 1.54) is 37.6 Å². The molecule has 1 aromatic heterocycles. The summed E-state index contributed by atoms with van der Waals surface area (Å²) in [5.74, 6) is 1.55. The standard InChI is InChI=1S/C25H34N6O3S/c1-18-16-22(28-24(26-18)31-10-13-34-14-11-31)27-23(33)20-3-2-19(29-35-15-12-32)17-21(20)30-8-6-25(4-5-25)7-9-30/h2-3,16-17,29,32H,4-15H2,1H3,(H,26,27,28,33). The third-order valence-electron chi connectivity index (χ3n) is 7.13. The Kier molecular flexibility index (Phi) is 7.31. The first-order valence-corrected chi connectivity index (χ1v) is 13.4. The Morgan fingerprint density at radius 1 is 1.09 bits per heavy atom. The summed E-state index contributed by atoms with van der Waals surface area (Å²) in [6.07, 6.45) is 5.04. The molecular weight excluding hydrogens is 464 g/mol. The molecule has 0 radical (unpaired) electrons. The van der Waals surface area contributed by atoms with Crippen LogP contribution in [0.1, 0.15) is 41.7 Å². The van der Waals surface area contributed by atoms with E-state index in [2.05, 4.69) is 35.9 Å². The number of aliphatic hydroxyl groups excluding tert-OH is 1. The van der Waals surface area contributed by atoms with Gasteiger partial charge in [0.2, 0.25) is 5.95 Å². The molecule has 5 rings (SSSR count). The van der Waals surface area contributed by atoms with Crippen LogP contribution in [-0.2, 0) is 4.74 Å². The monoisotopic (exact) mass is 498 g/mol. The summed E-state index contributed by atoms with van der Waals surface area (Å²) in [6.45, 7) is 6.72. The van der Waals surface area contributed by atoms with Crippen molar-refractivity contribution in [3.63, 3.8) is 0 Å². The van der Waals surface area contributed by atoms with Crippen molar-refractivity contribution >= 4 is 41.0 Å². The number of aromatic nitrogens is 2. The van der Waals surface area contributed by atoms with Crippen LogP contribution in [0.5, 0.6) is 0 Å². The predicted molar refractivity (Wildman–Crippen MR) is 140 cm³/mol. The molecule has 0 atom stereocenters. The number of anilines is 4. The van der Waals surface area contributed by atoms with Gasteiger partial charge in [-0.2, -0.15) is 4.98 Å². The van der Waals surface area contributed by atoms with E-state index >= 15 is 0 Å². The molecule has 35 heavy (non-hydrogen) atoms. The second kappa shape index (κ2) is 10.6. The number of carbonyl (C=O) groups is 1. The van der Waals surface area contributed by atoms with Crippen molar-refractivity contribution in [2.75, 3.05) is 71.6 Å². The number of aryl methyl sites for hydroxylation is 1. The molecule has 10 heteroatoms. The van der Waals surface area contributed by atoms with E-state index in [0.717, 1.165) is 43.2 Å². The van der Waals surface area contributed by atoms with Crippen LogP contribution >= 0.6 is 11.9 Å². The topological polar surface area (TPSA) is 103 Å². The van der Waals surface area contributed by atoms with Crippen LogP contribution in [0.15, 0.2) is 24.3 Å². The lowest BCUT2D eigenvalue weighted by atomic mass is 9.93. The number of piperidine rings is 1. The lowest BCUT2D eigenvalue weighted by Crippen LogP contribution is -2.37. The number of morpholine rings is 1. The van der Waals surface area contributed by atoms with Crippen molar-refractivity contribution in [1.29, 1.82) is 0 Å². The number of hydrogen-bond acceptors (Lipinski definition) is 9. The predicted octanol–water partition coefficient (Wildman–Crippen LogP) is 3.31. The Bertz CT molecular complexity index is 1050. The van der Waals surface area contributed by atoms with E-state index < -0.39 is 0 Å². The van der Waals surface area contributed by atoms with Gasteiger partial charge in [0.25, 0.3) is 5.91 Å². The van der Waals surface area contributed by atoms with E-state index in [-0.39, 0.29) is 12.5 Å². The SMILES string of the molecule is Cc1cc(NC(=O)c2ccc(NSCCO)cc2N2CCC3(CC2)CC3)nc(N2CCOCC2)n1. The fourth-order valence-electron chi connectivity index (χ4n) is 4.83. The third kappa shape index (κ3) is 5.82. The molecule has 188 valence electrons. The Morgan fingerprint density at radius 2 is 1.86 bits per heavy atom. The number of hydrogen-bond donors (Lipinski definition) is 3. The number of amides is 1. The molecule has 2 saturated heterocycles. The summed E-state index contributed by atoms with van der Waals surface area (Å²) in [5.41, 5.74) is 3.86. The maximum Gasteiger partial charge on any atom is 0.258 e. The number of rotatable bonds is 8. The minimum Gasteiger partial charge on any atom is -0.395 e. The minimum atomic E-state index is -0.174. The van der Waals surface area contributed by atoms with Gasteiger partial charge >= 0.3 is 0 Å². The molecule has 1 saturated carbocycles. The zero-order valence-electron chi connectivity index (χ0n) is 20.3. The van der Waals surface area contributed by atoms with Gasteiger partial charge in [-0.1, -0.05) is 11.9 Å². The number of carbonyl (C=O) groups excluding carboxylic acids is 1. The van der Waals surface area contributed by atoms with Gasteiger partial charge < -0.3 is 29.7 Å². The summed E-state index contributed by atoms with van der Waals surface area (Å²) in [6, 6.07) is 7.65. The first-order chi connectivity index (χ1) is 17.0. The van der Waals surface area contributed by atoms with E-state index in [1.807, 2.05) is 19.1 Å². The van der Waals surface area contributed by atoms with E-state index in [9.17, 15) is 4.79 Å². The summed E-state index contributed by atoms with van der Waals surface area (Å²) >= 11 is 1.46. The highest BCUT2D eigenvalue weighted by Crippen LogP contribution is 2.54. The zero-order chi connectivity index (χ0) is 24.3. The van der Waals surface area contributed by atoms with E-state index in [0.29, 0.717) is 41.7 Å². The van der Waals surface area contributed by atoms with Crippen LogP contribution in [0, 0.1) is 12.3 Å². The average molecular weight is 499 g/mol. The molecule has 1 amide bonds. The van der Waals surface area contributed by atoms with Crippen LogP contribution in [-0.4, -0.2) is 72.7 Å². The number of nitrogens with zero attached hydrogens (tertiary/aromatic N) is 4. The zero-order valence-corrected chi connectivity index (χ0v) is 21.1. The number of aliphatic hydroxyl groups is 1. The van der Waals surface area contributed by atoms with Crippen molar-refractivity contribution in [2.45, 2.75) is 32.6 Å². The lowest BCUT2D eigenvalue weighted by molar-refractivity contribution is 0.102. The molecular formula is C25H34N6O3S. The molecule has 3 heterocycles. The number of nitrogens with one attached hydrogen (secondary N) is 2. The van der Waals surface area contributed by atoms with Crippen LogP contribution in [0.3, 0.4) is 0 Å². The number of ether oxygens (including phenoxy) is 1. The fourth-order valence-corrected chi connectivity index (χ4v) is 5.32. The van der Waals surface area contributed by atoms with Crippen molar-refractivity contribution in [1.82, 2.24) is 9.97 Å². The van der Waals surface area contributed by atoms with Gasteiger partial charge in [-0.15, -0.1) is 0 Å². The number of benzene rings is 1. The molecule has 1 aliphatic carbocycles. The molecule has 2 aliphatic heterocycles. The molecule has 9 nitrogen and oxygen atoms in total. The van der Waals surface area contributed by atoms with Crippen molar-refractivity contribution < 1.29 is 14.6 Å². The normalized spacial score (nSPS) is 19.0. The van der Waals surface area contributed by atoms with Crippen LogP contribution in [0.2, 0.25) is 0 Å². The molecule has 3 fully saturated rings. The molecule has 2 aromatic rings. The smallest absolute Gasteiger partial charge is 0.258 e. The third-order valence-corrected chi connectivity index (χ3v) is 7.89. The van der Waals surface area contributed by atoms with Gasteiger partial charge in [0, 0.05) is 49.4 Å². The highest BCUT2D eigenvalue weighted by atomic mass is 32.2. The molecule has 0 bridgehead atoms. The van der Waals surface area contributed by atoms with Gasteiger partial charge in [0.1, 0.15) is 5.82 Å². The molecule has 0 unspecified atom stereocenters. The van der Waals surface area contributed by atoms with E-state index in [1.54, 1.807) is 6.07 Å². The molecule has 1 aromatic carbocycles. The van der Waals surface area contributed by atoms with Gasteiger partial charge in [-0.05, 0) is 56.2 Å². The minimum absolute atomic E-state index is 0.115. The highest BCUT2D eigenvalue weighted by Gasteiger charge is 2.44. The van der Waals surface area contributed by atoms with Crippen molar-refractivity contribution in [2.24, 2.45) is 5.41 Å². The van der Waals surface area contributed by atoms with Crippen LogP contribution < -0.4 is 19.8 Å². The molecule has 1 spiro atoms. The van der Waals surface area contributed by atoms with Gasteiger partial charge in [-0.3, -0.25) is 4.79 Å². The van der Waals surface area contributed by atoms with Crippen molar-refractivity contribution in [3.8, 4) is 0 Å². The molecule has 3 aliphatic rings. The van der Waals surface area contributed by atoms with Gasteiger partial charge in [-0.25, -0.2) is 4.98 Å². The first kappa shape index (κ1) is 24.1. The summed E-state index contributed by atoms with van der Waals surface area (Å²) in [4.78, 5) is 27.1. The van der Waals surface area contributed by atoms with Gasteiger partial charge in [0.15, 0.2) is 0 Å². The largest absolute Gasteiger partial charge is 0.395 e. The Morgan fingerprint density at radius 3 is 2.57 bits per heavy atom. The first-order valence-electron chi connectivity index (χ1n) is 12.4. The second-order valence-electron chi connectivity index (χ2n) is 9.64. The summed E-state index contributed by atoms with van der Waals surface area (Å²) in [7, 11) is 0. The Balaban J connectivity index is 1.36. The second-order valence-corrected chi connectivity index (χ2v) is 10.5. The lowest BCUT2D eigenvalue weighted by Gasteiger charge is -2.35. The van der Waals surface area contributed by atoms with Crippen LogP contribution in [0.25, 0.3) is 0 Å². The molecule has 3 N–H and O–H groups in total. The van der Waals surface area contributed by atoms with Crippen LogP contribution in [0.4, 0.5) is 23.1 Å². The Labute approximate surface area is 210 Å². The maximum absolute atomic E-state index is 13.5. The summed E-state index contributed by atoms with van der Waals surface area (Å²) < 4.78 is 8.72. The fraction of sp³-hybridized carbons (Fsp3) is 0.560. The average Bonchev–Trinajstić information content (AvgIpc) is 3.63. The maximum atomic E-state index is 13.5. The van der Waals surface area contributed by atoms with Gasteiger partial charge in [0.05, 0.1) is 31.1 Å². The Hall–Kier alpha value is -2.56.